The predicted octanol–water partition coefficient (Wildman–Crippen LogP) is 4.34. The van der Waals surface area contributed by atoms with E-state index < -0.39 is 0 Å². The molecule has 0 amide bonds. The van der Waals surface area contributed by atoms with Gasteiger partial charge in [0.1, 0.15) is 10.0 Å². The monoisotopic (exact) mass is 286 g/mol. The van der Waals surface area contributed by atoms with E-state index >= 15 is 0 Å². The third kappa shape index (κ3) is 3.18. The summed E-state index contributed by atoms with van der Waals surface area (Å²) >= 11 is 13.2. The molecule has 1 aromatic heterocycles. The Balaban J connectivity index is 2.24. The lowest BCUT2D eigenvalue weighted by Crippen LogP contribution is -1.84. The molecule has 0 bridgehead atoms. The van der Waals surface area contributed by atoms with Crippen LogP contribution < -0.4 is 0 Å². The fraction of sp³-hybridized carbons (Fsp3) is 0.333. The molecule has 0 saturated heterocycles. The number of aromatic nitrogens is 2. The second-order valence-electron chi connectivity index (χ2n) is 3.75. The molecule has 2 aromatic rings. The van der Waals surface area contributed by atoms with Crippen LogP contribution in [-0.2, 0) is 6.42 Å². The molecule has 90 valence electrons. The number of aryl methyl sites for hydroxylation is 2. The number of nitrogens with zero attached hydrogens (tertiary/aromatic N) is 2. The lowest BCUT2D eigenvalue weighted by atomic mass is 10.1. The summed E-state index contributed by atoms with van der Waals surface area (Å²) in [6.07, 6.45) is 1.84. The lowest BCUT2D eigenvalue weighted by Gasteiger charge is -2.01. The van der Waals surface area contributed by atoms with Gasteiger partial charge < -0.3 is 0 Å². The van der Waals surface area contributed by atoms with Crippen molar-refractivity contribution in [3.63, 3.8) is 0 Å². The van der Waals surface area contributed by atoms with Gasteiger partial charge in [0.25, 0.3) is 0 Å². The van der Waals surface area contributed by atoms with Crippen molar-refractivity contribution in [3.8, 4) is 10.6 Å². The van der Waals surface area contributed by atoms with Gasteiger partial charge in [-0.15, -0.1) is 21.8 Å². The van der Waals surface area contributed by atoms with Crippen LogP contribution >= 0.6 is 34.5 Å². The first kappa shape index (κ1) is 12.8. The van der Waals surface area contributed by atoms with E-state index in [1.807, 2.05) is 25.1 Å². The summed E-state index contributed by atoms with van der Waals surface area (Å²) < 4.78 is 0. The van der Waals surface area contributed by atoms with Crippen LogP contribution in [0.5, 0.6) is 0 Å². The zero-order valence-corrected chi connectivity index (χ0v) is 11.7. The van der Waals surface area contributed by atoms with Crippen LogP contribution in [0.4, 0.5) is 0 Å². The molecule has 0 N–H and O–H groups in total. The molecule has 1 aromatic carbocycles. The van der Waals surface area contributed by atoms with Crippen LogP contribution in [0.25, 0.3) is 10.6 Å². The summed E-state index contributed by atoms with van der Waals surface area (Å²) in [6, 6.07) is 5.81. The largest absolute Gasteiger partial charge is 0.148 e. The van der Waals surface area contributed by atoms with Gasteiger partial charge in [0, 0.05) is 22.9 Å². The SMILES string of the molecule is Cc1cc(Cl)ccc1-c1nnc(CCCCl)s1. The highest BCUT2D eigenvalue weighted by molar-refractivity contribution is 7.14. The molecule has 0 unspecified atom stereocenters. The molecule has 0 saturated carbocycles. The van der Waals surface area contributed by atoms with Crippen LogP contribution in [0, 0.1) is 6.92 Å². The van der Waals surface area contributed by atoms with Crippen LogP contribution in [0.1, 0.15) is 17.0 Å². The Hall–Kier alpha value is -0.640. The van der Waals surface area contributed by atoms with E-state index in [0.29, 0.717) is 5.88 Å². The number of halogens is 2. The Morgan fingerprint density at radius 2 is 2.12 bits per heavy atom. The first-order valence-corrected chi connectivity index (χ1v) is 7.08. The number of rotatable bonds is 4. The van der Waals surface area contributed by atoms with Crippen molar-refractivity contribution in [2.75, 3.05) is 5.88 Å². The molecule has 17 heavy (non-hydrogen) atoms. The topological polar surface area (TPSA) is 25.8 Å². The van der Waals surface area contributed by atoms with Gasteiger partial charge in [0.05, 0.1) is 0 Å². The molecule has 0 radical (unpaired) electrons. The molecule has 2 nitrogen and oxygen atoms in total. The highest BCUT2D eigenvalue weighted by Crippen LogP contribution is 2.28. The third-order valence-corrected chi connectivity index (χ3v) is 3.93. The van der Waals surface area contributed by atoms with Crippen molar-refractivity contribution in [2.24, 2.45) is 0 Å². The minimum atomic E-state index is 0.662. The van der Waals surface area contributed by atoms with Crippen LogP contribution in [-0.4, -0.2) is 16.1 Å². The van der Waals surface area contributed by atoms with Gasteiger partial charge in [0.15, 0.2) is 0 Å². The second-order valence-corrected chi connectivity index (χ2v) is 5.63. The summed E-state index contributed by atoms with van der Waals surface area (Å²) in [5.74, 6) is 0.662. The normalized spacial score (nSPS) is 10.8. The second kappa shape index (κ2) is 5.80. The first-order chi connectivity index (χ1) is 8.20. The van der Waals surface area contributed by atoms with Gasteiger partial charge in [-0.1, -0.05) is 29.0 Å². The summed E-state index contributed by atoms with van der Waals surface area (Å²) in [5, 5.41) is 11.1. The average Bonchev–Trinajstić information content (AvgIpc) is 2.75. The highest BCUT2D eigenvalue weighted by atomic mass is 35.5. The third-order valence-electron chi connectivity index (χ3n) is 2.41. The quantitative estimate of drug-likeness (QED) is 0.782. The molecule has 0 aliphatic heterocycles. The van der Waals surface area contributed by atoms with Gasteiger partial charge in [0.2, 0.25) is 0 Å². The molecule has 2 rings (SSSR count). The van der Waals surface area contributed by atoms with Crippen molar-refractivity contribution in [3.05, 3.63) is 33.8 Å². The first-order valence-electron chi connectivity index (χ1n) is 5.35. The number of benzene rings is 1. The molecule has 0 aliphatic rings. The Kier molecular flexibility index (Phi) is 4.37. The summed E-state index contributed by atoms with van der Waals surface area (Å²) in [7, 11) is 0. The Morgan fingerprint density at radius 3 is 2.82 bits per heavy atom. The molecule has 0 atom stereocenters. The lowest BCUT2D eigenvalue weighted by molar-refractivity contribution is 0.884. The predicted molar refractivity (Wildman–Crippen MR) is 74.1 cm³/mol. The van der Waals surface area contributed by atoms with Crippen molar-refractivity contribution in [1.82, 2.24) is 10.2 Å². The number of alkyl halides is 1. The standard InChI is InChI=1S/C12H12Cl2N2S/c1-8-7-9(14)4-5-10(8)12-16-15-11(17-12)3-2-6-13/h4-5,7H,2-3,6H2,1H3. The molecular formula is C12H12Cl2N2S. The Bertz CT molecular complexity index is 511. The van der Waals surface area contributed by atoms with Gasteiger partial charge in [-0.05, 0) is 31.0 Å². The molecule has 0 fully saturated rings. The Labute approximate surface area is 115 Å². The highest BCUT2D eigenvalue weighted by Gasteiger charge is 2.09. The van der Waals surface area contributed by atoms with E-state index in [2.05, 4.69) is 10.2 Å². The van der Waals surface area contributed by atoms with E-state index in [4.69, 9.17) is 23.2 Å². The van der Waals surface area contributed by atoms with Gasteiger partial charge in [-0.25, -0.2) is 0 Å². The fourth-order valence-corrected chi connectivity index (χ4v) is 2.88. The minimum absolute atomic E-state index is 0.662. The molecule has 1 heterocycles. The van der Waals surface area contributed by atoms with Gasteiger partial charge in [-0.2, -0.15) is 0 Å². The van der Waals surface area contributed by atoms with E-state index in [9.17, 15) is 0 Å². The zero-order valence-electron chi connectivity index (χ0n) is 9.41. The number of hydrogen-bond donors (Lipinski definition) is 0. The fourth-order valence-electron chi connectivity index (χ4n) is 1.55. The molecule has 0 aliphatic carbocycles. The maximum atomic E-state index is 5.93. The summed E-state index contributed by atoms with van der Waals surface area (Å²) in [5.41, 5.74) is 2.22. The van der Waals surface area contributed by atoms with Crippen molar-refractivity contribution in [1.29, 1.82) is 0 Å². The van der Waals surface area contributed by atoms with E-state index in [1.54, 1.807) is 11.3 Å². The summed E-state index contributed by atoms with van der Waals surface area (Å²) in [6.45, 7) is 2.03. The molecular weight excluding hydrogens is 275 g/mol. The smallest absolute Gasteiger partial charge is 0.143 e. The van der Waals surface area contributed by atoms with Crippen LogP contribution in [0.15, 0.2) is 18.2 Å². The van der Waals surface area contributed by atoms with Crippen molar-refractivity contribution >= 4 is 34.5 Å². The van der Waals surface area contributed by atoms with E-state index in [1.165, 1.54) is 0 Å². The average molecular weight is 287 g/mol. The van der Waals surface area contributed by atoms with Crippen LogP contribution in [0.3, 0.4) is 0 Å². The summed E-state index contributed by atoms with van der Waals surface area (Å²) in [4.78, 5) is 0. The van der Waals surface area contributed by atoms with E-state index in [-0.39, 0.29) is 0 Å². The minimum Gasteiger partial charge on any atom is -0.143 e. The maximum absolute atomic E-state index is 5.93. The maximum Gasteiger partial charge on any atom is 0.148 e. The van der Waals surface area contributed by atoms with E-state index in [0.717, 1.165) is 39.0 Å². The van der Waals surface area contributed by atoms with Crippen molar-refractivity contribution < 1.29 is 0 Å². The van der Waals surface area contributed by atoms with Gasteiger partial charge >= 0.3 is 0 Å². The Morgan fingerprint density at radius 1 is 1.29 bits per heavy atom. The van der Waals surface area contributed by atoms with Crippen molar-refractivity contribution in [2.45, 2.75) is 19.8 Å². The van der Waals surface area contributed by atoms with Gasteiger partial charge in [-0.3, -0.25) is 0 Å². The molecule has 0 spiro atoms. The zero-order chi connectivity index (χ0) is 12.3. The number of hydrogen-bond acceptors (Lipinski definition) is 3. The van der Waals surface area contributed by atoms with Crippen LogP contribution in [0.2, 0.25) is 5.02 Å². The molecule has 5 heteroatoms.